The van der Waals surface area contributed by atoms with Crippen molar-refractivity contribution in [2.75, 3.05) is 0 Å². The van der Waals surface area contributed by atoms with E-state index in [2.05, 4.69) is 90.8 Å². The third kappa shape index (κ3) is 4.18. The molecule has 3 heteroatoms. The zero-order valence-electron chi connectivity index (χ0n) is 15.9. The Hall–Kier alpha value is -2.83. The Morgan fingerprint density at radius 3 is 2.14 bits per heavy atom. The number of rotatable bonds is 6. The van der Waals surface area contributed by atoms with Gasteiger partial charge in [-0.3, -0.25) is 9.98 Å². The number of benzene rings is 2. The summed E-state index contributed by atoms with van der Waals surface area (Å²) in [6, 6.07) is 27.7. The molecule has 0 saturated carbocycles. The number of aliphatic imine (C=N–C) groups is 1. The van der Waals surface area contributed by atoms with Crippen LogP contribution in [0.4, 0.5) is 0 Å². The highest BCUT2D eigenvalue weighted by atomic mass is 31.1. The average molecular weight is 382 g/mol. The van der Waals surface area contributed by atoms with E-state index < -0.39 is 7.92 Å². The summed E-state index contributed by atoms with van der Waals surface area (Å²) >= 11 is 0. The highest BCUT2D eigenvalue weighted by Crippen LogP contribution is 2.50. The summed E-state index contributed by atoms with van der Waals surface area (Å²) < 4.78 is 0. The van der Waals surface area contributed by atoms with E-state index in [1.54, 1.807) is 6.20 Å². The van der Waals surface area contributed by atoms with Crippen molar-refractivity contribution in [3.05, 3.63) is 114 Å². The molecule has 2 unspecified atom stereocenters. The van der Waals surface area contributed by atoms with Crippen molar-refractivity contribution in [3.63, 3.8) is 0 Å². The Morgan fingerprint density at radius 2 is 1.54 bits per heavy atom. The van der Waals surface area contributed by atoms with Gasteiger partial charge >= 0.3 is 0 Å². The van der Waals surface area contributed by atoms with Crippen LogP contribution in [0.5, 0.6) is 0 Å². The minimum Gasteiger partial charge on any atom is -0.287 e. The monoisotopic (exact) mass is 382 g/mol. The molecule has 3 aromatic rings. The van der Waals surface area contributed by atoms with E-state index in [0.717, 1.165) is 5.69 Å². The molecule has 0 spiro atoms. The van der Waals surface area contributed by atoms with Crippen molar-refractivity contribution in [2.24, 2.45) is 10.9 Å². The molecule has 0 radical (unpaired) electrons. The van der Waals surface area contributed by atoms with Gasteiger partial charge in [-0.15, -0.1) is 0 Å². The SMILES string of the molecule is CC(N=Cc1ccccn1)C1C=CC=C1P(c1ccccc1)c1ccccc1. The number of hydrogen-bond donors (Lipinski definition) is 0. The van der Waals surface area contributed by atoms with E-state index in [1.165, 1.54) is 15.9 Å². The van der Waals surface area contributed by atoms with Crippen molar-refractivity contribution in [2.45, 2.75) is 13.0 Å². The maximum atomic E-state index is 4.83. The van der Waals surface area contributed by atoms with E-state index in [0.29, 0.717) is 5.92 Å². The highest BCUT2D eigenvalue weighted by Gasteiger charge is 2.29. The van der Waals surface area contributed by atoms with Gasteiger partial charge in [-0.25, -0.2) is 0 Å². The summed E-state index contributed by atoms with van der Waals surface area (Å²) in [6.45, 7) is 2.19. The Morgan fingerprint density at radius 1 is 0.893 bits per heavy atom. The van der Waals surface area contributed by atoms with Crippen LogP contribution in [0.2, 0.25) is 0 Å². The smallest absolute Gasteiger partial charge is 0.0807 e. The molecule has 0 aliphatic heterocycles. The molecule has 2 nitrogen and oxygen atoms in total. The van der Waals surface area contributed by atoms with Crippen LogP contribution < -0.4 is 10.6 Å². The standard InChI is InChI=1S/C25H23N2P/c1-20(27-19-21-11-8-9-18-26-21)24-16-10-17-25(24)28(22-12-4-2-5-13-22)23-14-6-3-7-15-23/h2-20,24H,1H3. The molecule has 1 heterocycles. The first-order valence-electron chi connectivity index (χ1n) is 9.56. The molecule has 4 rings (SSSR count). The van der Waals surface area contributed by atoms with Crippen molar-refractivity contribution in [1.29, 1.82) is 0 Å². The number of allylic oxidation sites excluding steroid dienone is 2. The zero-order valence-corrected chi connectivity index (χ0v) is 16.8. The highest BCUT2D eigenvalue weighted by molar-refractivity contribution is 7.76. The summed E-state index contributed by atoms with van der Waals surface area (Å²) in [5, 5.41) is 4.21. The van der Waals surface area contributed by atoms with E-state index in [9.17, 15) is 0 Å². The molecule has 2 aromatic carbocycles. The molecule has 0 saturated heterocycles. The van der Waals surface area contributed by atoms with Gasteiger partial charge in [0.1, 0.15) is 0 Å². The molecular formula is C25H23N2P. The van der Waals surface area contributed by atoms with Crippen LogP contribution >= 0.6 is 7.92 Å². The predicted molar refractivity (Wildman–Crippen MR) is 121 cm³/mol. The molecule has 28 heavy (non-hydrogen) atoms. The lowest BCUT2D eigenvalue weighted by Gasteiger charge is -2.27. The molecule has 1 aromatic heterocycles. The second kappa shape index (κ2) is 8.91. The lowest BCUT2D eigenvalue weighted by molar-refractivity contribution is 0.637. The minimum absolute atomic E-state index is 0.157. The van der Waals surface area contributed by atoms with Crippen LogP contribution in [0.3, 0.4) is 0 Å². The molecule has 0 bridgehead atoms. The Labute approximate surface area is 168 Å². The summed E-state index contributed by atoms with van der Waals surface area (Å²) in [7, 11) is -0.580. The maximum Gasteiger partial charge on any atom is 0.0807 e. The summed E-state index contributed by atoms with van der Waals surface area (Å²) in [5.41, 5.74) is 0.898. The largest absolute Gasteiger partial charge is 0.287 e. The fraction of sp³-hybridized carbons (Fsp3) is 0.120. The van der Waals surface area contributed by atoms with Gasteiger partial charge in [0, 0.05) is 18.3 Å². The quantitative estimate of drug-likeness (QED) is 0.431. The van der Waals surface area contributed by atoms with E-state index in [1.807, 2.05) is 24.4 Å². The van der Waals surface area contributed by atoms with Gasteiger partial charge in [0.05, 0.1) is 11.7 Å². The van der Waals surface area contributed by atoms with E-state index in [4.69, 9.17) is 4.99 Å². The van der Waals surface area contributed by atoms with Gasteiger partial charge in [0.15, 0.2) is 0 Å². The average Bonchev–Trinajstić information content (AvgIpc) is 3.24. The summed E-state index contributed by atoms with van der Waals surface area (Å²) in [4.78, 5) is 9.18. The van der Waals surface area contributed by atoms with Gasteiger partial charge < -0.3 is 0 Å². The third-order valence-electron chi connectivity index (χ3n) is 4.86. The van der Waals surface area contributed by atoms with Crippen LogP contribution in [0.15, 0.2) is 114 Å². The normalized spacial score (nSPS) is 17.2. The van der Waals surface area contributed by atoms with Crippen molar-refractivity contribution in [1.82, 2.24) is 4.98 Å². The predicted octanol–water partition coefficient (Wildman–Crippen LogP) is 5.09. The number of aromatic nitrogens is 1. The first-order chi connectivity index (χ1) is 13.8. The Kier molecular flexibility index (Phi) is 5.89. The fourth-order valence-electron chi connectivity index (χ4n) is 3.46. The lowest BCUT2D eigenvalue weighted by Crippen LogP contribution is -2.20. The number of pyridine rings is 1. The molecule has 2 atom stereocenters. The van der Waals surface area contributed by atoms with Gasteiger partial charge in [0.25, 0.3) is 0 Å². The fourth-order valence-corrected chi connectivity index (χ4v) is 6.13. The van der Waals surface area contributed by atoms with Crippen LogP contribution in [-0.4, -0.2) is 17.2 Å². The zero-order chi connectivity index (χ0) is 19.2. The second-order valence-electron chi connectivity index (χ2n) is 6.78. The van der Waals surface area contributed by atoms with Gasteiger partial charge in [-0.05, 0) is 42.9 Å². The van der Waals surface area contributed by atoms with Crippen LogP contribution in [0.1, 0.15) is 12.6 Å². The first-order valence-corrected chi connectivity index (χ1v) is 10.9. The molecular weight excluding hydrogens is 359 g/mol. The molecule has 138 valence electrons. The maximum absolute atomic E-state index is 4.83. The van der Waals surface area contributed by atoms with Crippen LogP contribution in [-0.2, 0) is 0 Å². The van der Waals surface area contributed by atoms with Gasteiger partial charge in [-0.2, -0.15) is 0 Å². The molecule has 0 fully saturated rings. The molecule has 0 N–H and O–H groups in total. The third-order valence-corrected chi connectivity index (χ3v) is 7.46. The molecule has 0 amide bonds. The van der Waals surface area contributed by atoms with Gasteiger partial charge in [-0.1, -0.05) is 85.0 Å². The summed E-state index contributed by atoms with van der Waals surface area (Å²) in [5.74, 6) is 0.298. The van der Waals surface area contributed by atoms with E-state index in [-0.39, 0.29) is 6.04 Å². The van der Waals surface area contributed by atoms with E-state index >= 15 is 0 Å². The lowest BCUT2D eigenvalue weighted by atomic mass is 10.0. The van der Waals surface area contributed by atoms with Crippen molar-refractivity contribution < 1.29 is 0 Å². The Bertz CT molecular complexity index is 939. The number of hydrogen-bond acceptors (Lipinski definition) is 2. The van der Waals surface area contributed by atoms with Crippen molar-refractivity contribution >= 4 is 24.7 Å². The minimum atomic E-state index is -0.580. The number of nitrogens with zero attached hydrogens (tertiary/aromatic N) is 2. The topological polar surface area (TPSA) is 25.2 Å². The van der Waals surface area contributed by atoms with Crippen LogP contribution in [0, 0.1) is 5.92 Å². The first kappa shape index (κ1) is 18.5. The molecule has 1 aliphatic rings. The van der Waals surface area contributed by atoms with Gasteiger partial charge in [0.2, 0.25) is 0 Å². The molecule has 1 aliphatic carbocycles. The van der Waals surface area contributed by atoms with Crippen LogP contribution in [0.25, 0.3) is 0 Å². The second-order valence-corrected chi connectivity index (χ2v) is 9.00. The van der Waals surface area contributed by atoms with Crippen molar-refractivity contribution in [3.8, 4) is 0 Å². The Balaban J connectivity index is 1.64. The summed E-state index contributed by atoms with van der Waals surface area (Å²) in [6.07, 6.45) is 10.5.